The maximum Gasteiger partial charge on any atom is 0.0412 e. The van der Waals surface area contributed by atoms with Crippen molar-refractivity contribution in [3.63, 3.8) is 0 Å². The van der Waals surface area contributed by atoms with Gasteiger partial charge in [-0.25, -0.2) is 0 Å². The van der Waals surface area contributed by atoms with Crippen LogP contribution in [-0.2, 0) is 0 Å². The van der Waals surface area contributed by atoms with E-state index in [2.05, 4.69) is 66.5 Å². The molecule has 3 rings (SSSR count). The molecule has 1 aliphatic rings. The van der Waals surface area contributed by atoms with Crippen molar-refractivity contribution in [2.45, 2.75) is 13.0 Å². The molecule has 0 saturated carbocycles. The number of thioether (sulfide) groups is 1. The van der Waals surface area contributed by atoms with Crippen molar-refractivity contribution >= 4 is 22.5 Å². The van der Waals surface area contributed by atoms with Crippen LogP contribution >= 0.6 is 11.8 Å². The molecule has 1 nitrogen and oxygen atoms in total. The number of rotatable bonds is 1. The molecule has 1 fully saturated rings. The number of hydrogen-bond donors (Lipinski definition) is 1. The Morgan fingerprint density at radius 1 is 1.06 bits per heavy atom. The molecule has 94 valence electrons. The van der Waals surface area contributed by atoms with Crippen LogP contribution in [0.5, 0.6) is 0 Å². The number of hydrogen-bond acceptors (Lipinski definition) is 2. The zero-order valence-corrected chi connectivity index (χ0v) is 11.5. The van der Waals surface area contributed by atoms with E-state index in [1.807, 2.05) is 0 Å². The van der Waals surface area contributed by atoms with Crippen LogP contribution in [0.2, 0.25) is 0 Å². The minimum atomic E-state index is 0.504. The van der Waals surface area contributed by atoms with Gasteiger partial charge in [-0.2, -0.15) is 11.8 Å². The Balaban J connectivity index is 1.89. The molecule has 0 spiro atoms. The zero-order chi connectivity index (χ0) is 12.4. The van der Waals surface area contributed by atoms with E-state index >= 15 is 0 Å². The van der Waals surface area contributed by atoms with Gasteiger partial charge in [0.05, 0.1) is 0 Å². The molecule has 0 aliphatic carbocycles. The topological polar surface area (TPSA) is 12.0 Å². The van der Waals surface area contributed by atoms with Crippen molar-refractivity contribution in [3.05, 3.63) is 48.0 Å². The molecule has 1 saturated heterocycles. The molecule has 1 aliphatic heterocycles. The van der Waals surface area contributed by atoms with E-state index in [9.17, 15) is 0 Å². The molecule has 0 radical (unpaired) electrons. The molecular weight excluding hydrogens is 238 g/mol. The van der Waals surface area contributed by atoms with Crippen LogP contribution < -0.4 is 5.32 Å². The van der Waals surface area contributed by atoms with Gasteiger partial charge in [-0.3, -0.25) is 0 Å². The molecule has 2 heteroatoms. The van der Waals surface area contributed by atoms with Crippen LogP contribution in [0.4, 0.5) is 0 Å². The van der Waals surface area contributed by atoms with Crippen molar-refractivity contribution in [2.75, 3.05) is 18.1 Å². The molecule has 18 heavy (non-hydrogen) atoms. The van der Waals surface area contributed by atoms with Crippen molar-refractivity contribution in [1.82, 2.24) is 5.32 Å². The summed E-state index contributed by atoms with van der Waals surface area (Å²) in [6.45, 7) is 3.45. The first-order valence-electron chi connectivity index (χ1n) is 6.63. The molecule has 0 amide bonds. The summed E-state index contributed by atoms with van der Waals surface area (Å²) in [6.07, 6.45) is 0. The average Bonchev–Trinajstić information content (AvgIpc) is 2.63. The SMILES string of the molecule is CC1CNC(c2ccc3ccccc3c2)CSC1. The van der Waals surface area contributed by atoms with Crippen molar-refractivity contribution in [3.8, 4) is 0 Å². The lowest BCUT2D eigenvalue weighted by molar-refractivity contribution is 0.518. The fourth-order valence-electron chi connectivity index (χ4n) is 2.49. The van der Waals surface area contributed by atoms with Gasteiger partial charge in [0.1, 0.15) is 0 Å². The predicted molar refractivity (Wildman–Crippen MR) is 81.2 cm³/mol. The smallest absolute Gasteiger partial charge is 0.0412 e. The van der Waals surface area contributed by atoms with E-state index in [4.69, 9.17) is 0 Å². The summed E-state index contributed by atoms with van der Waals surface area (Å²) in [7, 11) is 0. The van der Waals surface area contributed by atoms with E-state index < -0.39 is 0 Å². The van der Waals surface area contributed by atoms with Crippen molar-refractivity contribution < 1.29 is 0 Å². The third-order valence-electron chi connectivity index (χ3n) is 3.58. The zero-order valence-electron chi connectivity index (χ0n) is 10.7. The average molecular weight is 257 g/mol. The van der Waals surface area contributed by atoms with Crippen molar-refractivity contribution in [2.24, 2.45) is 5.92 Å². The molecule has 2 aromatic rings. The fraction of sp³-hybridized carbons (Fsp3) is 0.375. The van der Waals surface area contributed by atoms with E-state index in [-0.39, 0.29) is 0 Å². The quantitative estimate of drug-likeness (QED) is 0.832. The molecule has 0 bridgehead atoms. The highest BCUT2D eigenvalue weighted by Crippen LogP contribution is 2.26. The van der Waals surface area contributed by atoms with E-state index in [1.165, 1.54) is 27.8 Å². The summed E-state index contributed by atoms with van der Waals surface area (Å²) in [5.74, 6) is 3.24. The fourth-order valence-corrected chi connectivity index (χ4v) is 3.69. The molecule has 1 heterocycles. The standard InChI is InChI=1S/C16H19NS/c1-12-9-17-16(11-18-10-12)15-7-6-13-4-2-3-5-14(13)8-15/h2-8,12,16-17H,9-11H2,1H3. The van der Waals surface area contributed by atoms with Crippen LogP contribution in [0.15, 0.2) is 42.5 Å². The molecule has 0 aromatic heterocycles. The summed E-state index contributed by atoms with van der Waals surface area (Å²) in [5.41, 5.74) is 1.43. The second kappa shape index (κ2) is 5.33. The number of fused-ring (bicyclic) bond motifs is 1. The number of nitrogens with one attached hydrogen (secondary N) is 1. The first kappa shape index (κ1) is 12.1. The lowest BCUT2D eigenvalue weighted by Crippen LogP contribution is -2.25. The minimum Gasteiger partial charge on any atom is -0.309 e. The Morgan fingerprint density at radius 3 is 2.78 bits per heavy atom. The maximum absolute atomic E-state index is 3.69. The van der Waals surface area contributed by atoms with Gasteiger partial charge in [0.15, 0.2) is 0 Å². The molecule has 2 atom stereocenters. The lowest BCUT2D eigenvalue weighted by Gasteiger charge is -2.17. The molecule has 1 N–H and O–H groups in total. The monoisotopic (exact) mass is 257 g/mol. The first-order valence-corrected chi connectivity index (χ1v) is 7.78. The maximum atomic E-state index is 3.69. The number of benzene rings is 2. The van der Waals surface area contributed by atoms with Gasteiger partial charge < -0.3 is 5.32 Å². The van der Waals surface area contributed by atoms with E-state index in [0.29, 0.717) is 6.04 Å². The Hall–Kier alpha value is -0.990. The van der Waals surface area contributed by atoms with Gasteiger partial charge >= 0.3 is 0 Å². The van der Waals surface area contributed by atoms with E-state index in [1.54, 1.807) is 0 Å². The minimum absolute atomic E-state index is 0.504. The van der Waals surface area contributed by atoms with Gasteiger partial charge in [-0.15, -0.1) is 0 Å². The van der Waals surface area contributed by atoms with Crippen LogP contribution in [-0.4, -0.2) is 18.1 Å². The second-order valence-corrected chi connectivity index (χ2v) is 6.28. The largest absolute Gasteiger partial charge is 0.309 e. The second-order valence-electron chi connectivity index (χ2n) is 5.21. The van der Waals surface area contributed by atoms with Crippen LogP contribution in [0.1, 0.15) is 18.5 Å². The highest BCUT2D eigenvalue weighted by Gasteiger charge is 2.17. The lowest BCUT2D eigenvalue weighted by atomic mass is 10.0. The first-order chi connectivity index (χ1) is 8.83. The molecule has 2 aromatic carbocycles. The van der Waals surface area contributed by atoms with Crippen LogP contribution in [0.25, 0.3) is 10.8 Å². The Morgan fingerprint density at radius 2 is 1.89 bits per heavy atom. The molecular formula is C16H19NS. The van der Waals surface area contributed by atoms with Gasteiger partial charge in [-0.1, -0.05) is 43.3 Å². The summed E-state index contributed by atoms with van der Waals surface area (Å²) in [6, 6.07) is 15.9. The van der Waals surface area contributed by atoms with Gasteiger partial charge in [0.2, 0.25) is 0 Å². The van der Waals surface area contributed by atoms with E-state index in [0.717, 1.165) is 12.5 Å². The van der Waals surface area contributed by atoms with Gasteiger partial charge in [0, 0.05) is 11.8 Å². The Kier molecular flexibility index (Phi) is 3.57. The summed E-state index contributed by atoms with van der Waals surface area (Å²) in [4.78, 5) is 0. The van der Waals surface area contributed by atoms with Gasteiger partial charge in [-0.05, 0) is 40.6 Å². The normalized spacial score (nSPS) is 24.9. The van der Waals surface area contributed by atoms with Crippen LogP contribution in [0, 0.1) is 5.92 Å². The third kappa shape index (κ3) is 2.55. The summed E-state index contributed by atoms with van der Waals surface area (Å²) in [5, 5.41) is 6.37. The van der Waals surface area contributed by atoms with Crippen LogP contribution in [0.3, 0.4) is 0 Å². The summed E-state index contributed by atoms with van der Waals surface area (Å²) < 4.78 is 0. The summed E-state index contributed by atoms with van der Waals surface area (Å²) >= 11 is 2.07. The predicted octanol–water partition coefficient (Wildman–Crippen LogP) is 3.85. The highest BCUT2D eigenvalue weighted by atomic mass is 32.2. The van der Waals surface area contributed by atoms with Gasteiger partial charge in [0.25, 0.3) is 0 Å². The highest BCUT2D eigenvalue weighted by molar-refractivity contribution is 7.99. The Bertz CT molecular complexity index is 537. The third-order valence-corrected chi connectivity index (χ3v) is 4.95. The molecule has 2 unspecified atom stereocenters. The Labute approximate surface area is 113 Å². The van der Waals surface area contributed by atoms with Crippen molar-refractivity contribution in [1.29, 1.82) is 0 Å².